The number of hydrogen-bond acceptors (Lipinski definition) is 5. The van der Waals surface area contributed by atoms with Gasteiger partial charge in [-0.25, -0.2) is 0 Å². The number of amides is 2. The Morgan fingerprint density at radius 3 is 2.30 bits per heavy atom. The number of carbonyl (C=O) groups excluding carboxylic acids is 2. The van der Waals surface area contributed by atoms with Crippen LogP contribution in [0, 0.1) is 5.92 Å². The molecule has 0 spiro atoms. The Hall–Kier alpha value is -3.58. The van der Waals surface area contributed by atoms with E-state index in [0.29, 0.717) is 24.2 Å². The SMILES string of the molecule is O=C([C@H]1CCNC1)N(c1ccc(C2CCN(C(=O)C3(c4ccccc4)CC3)CC2)cc1)c1cccnn1. The minimum atomic E-state index is -0.291. The summed E-state index contributed by atoms with van der Waals surface area (Å²) in [6.45, 7) is 3.13. The van der Waals surface area contributed by atoms with Gasteiger partial charge in [0.25, 0.3) is 0 Å². The van der Waals surface area contributed by atoms with Crippen LogP contribution in [-0.4, -0.2) is 53.1 Å². The number of benzene rings is 2. The lowest BCUT2D eigenvalue weighted by atomic mass is 9.87. The molecule has 3 aromatic rings. The quantitative estimate of drug-likeness (QED) is 0.555. The molecular formula is C30H33N5O2. The molecule has 7 heteroatoms. The summed E-state index contributed by atoms with van der Waals surface area (Å²) in [5, 5.41) is 11.5. The largest absolute Gasteiger partial charge is 0.342 e. The first-order chi connectivity index (χ1) is 18.2. The summed E-state index contributed by atoms with van der Waals surface area (Å²) in [5.74, 6) is 1.25. The molecule has 1 saturated carbocycles. The van der Waals surface area contributed by atoms with Gasteiger partial charge in [-0.1, -0.05) is 42.5 Å². The summed E-state index contributed by atoms with van der Waals surface area (Å²) in [6, 6.07) is 22.2. The van der Waals surface area contributed by atoms with E-state index in [1.165, 1.54) is 5.56 Å². The zero-order valence-electron chi connectivity index (χ0n) is 21.1. The molecule has 2 saturated heterocycles. The number of hydrogen-bond donors (Lipinski definition) is 1. The molecule has 3 heterocycles. The molecule has 0 unspecified atom stereocenters. The molecule has 3 aliphatic rings. The fraction of sp³-hybridized carbons (Fsp3) is 0.400. The fourth-order valence-corrected chi connectivity index (χ4v) is 5.96. The van der Waals surface area contributed by atoms with Crippen LogP contribution in [-0.2, 0) is 15.0 Å². The number of nitrogens with zero attached hydrogens (tertiary/aromatic N) is 4. The lowest BCUT2D eigenvalue weighted by Crippen LogP contribution is -2.43. The van der Waals surface area contributed by atoms with Gasteiger partial charge in [0.2, 0.25) is 11.8 Å². The third kappa shape index (κ3) is 4.64. The lowest BCUT2D eigenvalue weighted by Gasteiger charge is -2.35. The molecular weight excluding hydrogens is 462 g/mol. The minimum absolute atomic E-state index is 0.0532. The van der Waals surface area contributed by atoms with Gasteiger partial charge in [-0.05, 0) is 80.0 Å². The second-order valence-electron chi connectivity index (χ2n) is 10.6. The molecule has 0 bridgehead atoms. The van der Waals surface area contributed by atoms with E-state index < -0.39 is 0 Å². The van der Waals surface area contributed by atoms with Crippen molar-refractivity contribution >= 4 is 23.3 Å². The van der Waals surface area contributed by atoms with Crippen LogP contribution in [0.3, 0.4) is 0 Å². The first-order valence-corrected chi connectivity index (χ1v) is 13.4. The monoisotopic (exact) mass is 495 g/mol. The summed E-state index contributed by atoms with van der Waals surface area (Å²) in [6.07, 6.45) is 6.27. The van der Waals surface area contributed by atoms with Crippen molar-refractivity contribution in [3.63, 3.8) is 0 Å². The highest BCUT2D eigenvalue weighted by molar-refractivity contribution is 6.01. The number of carbonyl (C=O) groups is 2. The highest BCUT2D eigenvalue weighted by Crippen LogP contribution is 2.50. The molecule has 2 amide bonds. The van der Waals surface area contributed by atoms with Gasteiger partial charge in [-0.15, -0.1) is 5.10 Å². The zero-order valence-corrected chi connectivity index (χ0v) is 21.1. The van der Waals surface area contributed by atoms with E-state index in [1.54, 1.807) is 11.1 Å². The van der Waals surface area contributed by atoms with Crippen LogP contribution >= 0.6 is 0 Å². The molecule has 0 radical (unpaired) electrons. The van der Waals surface area contributed by atoms with Crippen LogP contribution in [0.5, 0.6) is 0 Å². The Kier molecular flexibility index (Phi) is 6.47. The molecule has 1 aliphatic carbocycles. The molecule has 3 fully saturated rings. The van der Waals surface area contributed by atoms with E-state index in [1.807, 2.05) is 42.5 Å². The fourth-order valence-electron chi connectivity index (χ4n) is 5.96. The number of anilines is 2. The minimum Gasteiger partial charge on any atom is -0.342 e. The van der Waals surface area contributed by atoms with E-state index in [2.05, 4.69) is 44.7 Å². The van der Waals surface area contributed by atoms with E-state index >= 15 is 0 Å². The lowest BCUT2D eigenvalue weighted by molar-refractivity contribution is -0.135. The maximum atomic E-state index is 13.4. The number of nitrogens with one attached hydrogen (secondary N) is 1. The molecule has 190 valence electrons. The predicted molar refractivity (Wildman–Crippen MR) is 143 cm³/mol. The standard InChI is InChI=1S/C30H33N5O2/c36-28(24-12-18-31-21-24)35(27-7-4-17-32-33-27)26-10-8-22(9-11-26)23-13-19-34(20-14-23)29(37)30(15-16-30)25-5-2-1-3-6-25/h1-11,17,23-24,31H,12-16,18-21H2/t24-/m0/s1. The molecule has 1 N–H and O–H groups in total. The first-order valence-electron chi connectivity index (χ1n) is 13.4. The number of likely N-dealkylation sites (tertiary alicyclic amines) is 1. The van der Waals surface area contributed by atoms with Crippen LogP contribution < -0.4 is 10.2 Å². The van der Waals surface area contributed by atoms with Gasteiger partial charge < -0.3 is 10.2 Å². The number of rotatable bonds is 6. The van der Waals surface area contributed by atoms with E-state index in [0.717, 1.165) is 63.0 Å². The topological polar surface area (TPSA) is 78.4 Å². The summed E-state index contributed by atoms with van der Waals surface area (Å²) in [5.41, 5.74) is 2.94. The molecule has 1 aromatic heterocycles. The van der Waals surface area contributed by atoms with Crippen molar-refractivity contribution in [1.82, 2.24) is 20.4 Å². The zero-order chi connectivity index (χ0) is 25.2. The third-order valence-corrected chi connectivity index (χ3v) is 8.31. The average Bonchev–Trinajstić information content (AvgIpc) is 3.59. The van der Waals surface area contributed by atoms with Gasteiger partial charge in [-0.3, -0.25) is 14.5 Å². The van der Waals surface area contributed by atoms with Crippen molar-refractivity contribution in [3.8, 4) is 0 Å². The Morgan fingerprint density at radius 1 is 0.919 bits per heavy atom. The van der Waals surface area contributed by atoms with Gasteiger partial charge in [0.15, 0.2) is 5.82 Å². The summed E-state index contributed by atoms with van der Waals surface area (Å²) in [7, 11) is 0. The van der Waals surface area contributed by atoms with Crippen molar-refractivity contribution in [2.45, 2.75) is 43.4 Å². The second-order valence-corrected chi connectivity index (χ2v) is 10.6. The van der Waals surface area contributed by atoms with Crippen molar-refractivity contribution in [3.05, 3.63) is 84.1 Å². The van der Waals surface area contributed by atoms with Crippen LogP contribution in [0.2, 0.25) is 0 Å². The summed E-state index contributed by atoms with van der Waals surface area (Å²) >= 11 is 0. The number of piperidine rings is 1. The summed E-state index contributed by atoms with van der Waals surface area (Å²) < 4.78 is 0. The molecule has 6 rings (SSSR count). The molecule has 37 heavy (non-hydrogen) atoms. The smallest absolute Gasteiger partial charge is 0.237 e. The van der Waals surface area contributed by atoms with Gasteiger partial charge in [0.05, 0.1) is 17.0 Å². The molecule has 2 aliphatic heterocycles. The Morgan fingerprint density at radius 2 is 1.68 bits per heavy atom. The average molecular weight is 496 g/mol. The van der Waals surface area contributed by atoms with E-state index in [4.69, 9.17) is 0 Å². The molecule has 7 nitrogen and oxygen atoms in total. The second kappa shape index (κ2) is 10.1. The molecule has 2 aromatic carbocycles. The van der Waals surface area contributed by atoms with Gasteiger partial charge in [0.1, 0.15) is 0 Å². The Bertz CT molecular complexity index is 1230. The van der Waals surface area contributed by atoms with Crippen molar-refractivity contribution in [2.24, 2.45) is 5.92 Å². The van der Waals surface area contributed by atoms with Gasteiger partial charge >= 0.3 is 0 Å². The van der Waals surface area contributed by atoms with Crippen molar-refractivity contribution in [2.75, 3.05) is 31.1 Å². The molecule has 1 atom stereocenters. The highest BCUT2D eigenvalue weighted by atomic mass is 16.2. The van der Waals surface area contributed by atoms with Gasteiger partial charge in [0, 0.05) is 25.8 Å². The third-order valence-electron chi connectivity index (χ3n) is 8.31. The Balaban J connectivity index is 1.14. The first kappa shape index (κ1) is 23.8. The van der Waals surface area contributed by atoms with Crippen molar-refractivity contribution < 1.29 is 9.59 Å². The van der Waals surface area contributed by atoms with Gasteiger partial charge in [-0.2, -0.15) is 5.10 Å². The van der Waals surface area contributed by atoms with Crippen LogP contribution in [0.15, 0.2) is 72.9 Å². The summed E-state index contributed by atoms with van der Waals surface area (Å²) in [4.78, 5) is 30.6. The maximum Gasteiger partial charge on any atom is 0.237 e. The Labute approximate surface area is 217 Å². The highest BCUT2D eigenvalue weighted by Gasteiger charge is 2.53. The predicted octanol–water partition coefficient (Wildman–Crippen LogP) is 4.19. The van der Waals surface area contributed by atoms with E-state index in [9.17, 15) is 9.59 Å². The van der Waals surface area contributed by atoms with Crippen molar-refractivity contribution in [1.29, 1.82) is 0 Å². The van der Waals surface area contributed by atoms with Crippen LogP contribution in [0.25, 0.3) is 0 Å². The number of aromatic nitrogens is 2. The normalized spacial score (nSPS) is 21.0. The van der Waals surface area contributed by atoms with Crippen LogP contribution in [0.4, 0.5) is 11.5 Å². The van der Waals surface area contributed by atoms with E-state index in [-0.39, 0.29) is 17.2 Å². The maximum absolute atomic E-state index is 13.4. The van der Waals surface area contributed by atoms with Crippen LogP contribution in [0.1, 0.15) is 49.1 Å².